The zero-order chi connectivity index (χ0) is 24.2. The molecule has 1 fully saturated rings. The largest absolute Gasteiger partial charge is 0.465 e. The van der Waals surface area contributed by atoms with E-state index >= 15 is 0 Å². The number of amides is 3. The number of rotatable bonds is 3. The van der Waals surface area contributed by atoms with Gasteiger partial charge in [-0.25, -0.2) is 14.6 Å². The van der Waals surface area contributed by atoms with E-state index in [4.69, 9.17) is 0 Å². The molecule has 1 aromatic rings. The van der Waals surface area contributed by atoms with Gasteiger partial charge in [-0.3, -0.25) is 14.3 Å². The highest BCUT2D eigenvalue weighted by Gasteiger charge is 2.46. The fraction of sp³-hybridized carbons (Fsp3) is 0.739. The van der Waals surface area contributed by atoms with E-state index in [-0.39, 0.29) is 18.0 Å². The Labute approximate surface area is 190 Å². The molecule has 1 N–H and O–H groups in total. The monoisotopic (exact) mass is 447 g/mol. The topological polar surface area (TPSA) is 99.0 Å². The second-order valence-electron chi connectivity index (χ2n) is 11.1. The van der Waals surface area contributed by atoms with Crippen LogP contribution in [0.5, 0.6) is 0 Å². The van der Waals surface area contributed by atoms with Crippen LogP contribution in [0.25, 0.3) is 0 Å². The maximum atomic E-state index is 13.6. The summed E-state index contributed by atoms with van der Waals surface area (Å²) in [5.74, 6) is 0.546. The first-order valence-electron chi connectivity index (χ1n) is 11.3. The molecule has 0 unspecified atom stereocenters. The zero-order valence-corrected chi connectivity index (χ0v) is 20.6. The fourth-order valence-electron chi connectivity index (χ4n) is 5.02. The molecule has 2 aliphatic rings. The number of carboxylic acid groups (broad SMARTS) is 1. The number of fused-ring (bicyclic) bond motifs is 1. The Morgan fingerprint density at radius 1 is 1.09 bits per heavy atom. The van der Waals surface area contributed by atoms with Crippen LogP contribution in [0.2, 0.25) is 0 Å². The summed E-state index contributed by atoms with van der Waals surface area (Å²) in [5.41, 5.74) is 0.559. The van der Waals surface area contributed by atoms with Crippen molar-refractivity contribution in [3.8, 4) is 0 Å². The molecule has 1 atom stereocenters. The number of aryl methyl sites for hydroxylation is 2. The summed E-state index contributed by atoms with van der Waals surface area (Å²) in [4.78, 5) is 48.0. The molecule has 2 aliphatic heterocycles. The maximum Gasteiger partial charge on any atom is 0.408 e. The summed E-state index contributed by atoms with van der Waals surface area (Å²) in [6.45, 7) is 16.5. The molecule has 3 rings (SSSR count). The van der Waals surface area contributed by atoms with Crippen LogP contribution in [0.1, 0.15) is 71.6 Å². The van der Waals surface area contributed by atoms with Crippen molar-refractivity contribution >= 4 is 18.0 Å². The summed E-state index contributed by atoms with van der Waals surface area (Å²) in [6.07, 6.45) is 0.255. The Bertz CT molecular complexity index is 916. The van der Waals surface area contributed by atoms with Crippen molar-refractivity contribution in [3.63, 3.8) is 0 Å². The second kappa shape index (κ2) is 8.08. The van der Waals surface area contributed by atoms with Gasteiger partial charge in [-0.05, 0) is 52.9 Å². The fourth-order valence-corrected chi connectivity index (χ4v) is 5.02. The molecule has 178 valence electrons. The number of nitrogens with zero attached hydrogens (tertiary/aromatic N) is 5. The predicted octanol–water partition coefficient (Wildman–Crippen LogP) is 3.47. The molecule has 1 aromatic heterocycles. The summed E-state index contributed by atoms with van der Waals surface area (Å²) >= 11 is 0. The molecule has 0 aliphatic carbocycles. The number of hydrogen-bond acceptors (Lipinski definition) is 4. The quantitative estimate of drug-likeness (QED) is 0.765. The molecule has 0 saturated carbocycles. The lowest BCUT2D eigenvalue weighted by atomic mass is 9.82. The van der Waals surface area contributed by atoms with Crippen LogP contribution in [0, 0.1) is 19.3 Å². The van der Waals surface area contributed by atoms with E-state index in [9.17, 15) is 19.5 Å². The lowest BCUT2D eigenvalue weighted by molar-refractivity contribution is -0.144. The third-order valence-electron chi connectivity index (χ3n) is 6.56. The number of carbonyl (C=O) groups excluding carboxylic acids is 2. The summed E-state index contributed by atoms with van der Waals surface area (Å²) in [6, 6.07) is -0.779. The molecule has 0 spiro atoms. The first-order chi connectivity index (χ1) is 14.6. The van der Waals surface area contributed by atoms with E-state index in [0.717, 1.165) is 11.4 Å². The van der Waals surface area contributed by atoms with E-state index in [2.05, 4.69) is 4.98 Å². The van der Waals surface area contributed by atoms with Crippen LogP contribution in [-0.4, -0.2) is 78.1 Å². The van der Waals surface area contributed by atoms with E-state index in [1.54, 1.807) is 9.47 Å². The molecule has 32 heavy (non-hydrogen) atoms. The highest BCUT2D eigenvalue weighted by molar-refractivity contribution is 5.87. The summed E-state index contributed by atoms with van der Waals surface area (Å²) in [5, 5.41) is 9.92. The average molecular weight is 448 g/mol. The van der Waals surface area contributed by atoms with Gasteiger partial charge in [0.15, 0.2) is 0 Å². The second-order valence-corrected chi connectivity index (χ2v) is 11.1. The van der Waals surface area contributed by atoms with Crippen molar-refractivity contribution in [2.75, 3.05) is 13.1 Å². The van der Waals surface area contributed by atoms with Gasteiger partial charge in [0.05, 0.1) is 17.9 Å². The molecule has 3 amide bonds. The van der Waals surface area contributed by atoms with Crippen LogP contribution in [0.4, 0.5) is 9.59 Å². The van der Waals surface area contributed by atoms with Crippen LogP contribution in [-0.2, 0) is 11.3 Å². The highest BCUT2D eigenvalue weighted by atomic mass is 16.4. The number of hydrogen-bond donors (Lipinski definition) is 1. The van der Waals surface area contributed by atoms with Crippen molar-refractivity contribution in [3.05, 3.63) is 17.2 Å². The molecule has 1 saturated heterocycles. The molecule has 0 aromatic carbocycles. The van der Waals surface area contributed by atoms with Crippen molar-refractivity contribution in [1.29, 1.82) is 0 Å². The number of imidazole rings is 1. The maximum absolute atomic E-state index is 13.6. The summed E-state index contributed by atoms with van der Waals surface area (Å²) < 4.78 is 1.69. The van der Waals surface area contributed by atoms with Crippen molar-refractivity contribution in [1.82, 2.24) is 24.3 Å². The van der Waals surface area contributed by atoms with Crippen molar-refractivity contribution < 1.29 is 19.5 Å². The molecule has 9 nitrogen and oxygen atoms in total. The average Bonchev–Trinajstić information content (AvgIpc) is 3.14. The Morgan fingerprint density at radius 2 is 1.66 bits per heavy atom. The lowest BCUT2D eigenvalue weighted by Crippen LogP contribution is -2.63. The first kappa shape index (κ1) is 24.1. The van der Waals surface area contributed by atoms with E-state index < -0.39 is 23.1 Å². The Kier molecular flexibility index (Phi) is 6.08. The van der Waals surface area contributed by atoms with Gasteiger partial charge < -0.3 is 14.9 Å². The SMILES string of the molecule is Cc1nc(C)n2c1CN(C1CCN(C(=O)[C@H](N(C(=O)O)C(C)(C)C)C(C)(C)C)CC1)C2=O. The third kappa shape index (κ3) is 4.21. The van der Waals surface area contributed by atoms with Gasteiger partial charge >= 0.3 is 12.1 Å². The molecule has 0 radical (unpaired) electrons. The van der Waals surface area contributed by atoms with Crippen LogP contribution in [0.15, 0.2) is 0 Å². The van der Waals surface area contributed by atoms with E-state index in [1.807, 2.05) is 60.3 Å². The van der Waals surface area contributed by atoms with Crippen LogP contribution >= 0.6 is 0 Å². The number of likely N-dealkylation sites (tertiary alicyclic amines) is 1. The van der Waals surface area contributed by atoms with Crippen LogP contribution < -0.4 is 0 Å². The Hall–Kier alpha value is -2.58. The Balaban J connectivity index is 1.73. The predicted molar refractivity (Wildman–Crippen MR) is 120 cm³/mol. The van der Waals surface area contributed by atoms with Gasteiger partial charge in [0.1, 0.15) is 11.9 Å². The highest BCUT2D eigenvalue weighted by Crippen LogP contribution is 2.33. The third-order valence-corrected chi connectivity index (χ3v) is 6.56. The lowest BCUT2D eigenvalue weighted by Gasteiger charge is -2.47. The number of aromatic nitrogens is 2. The van der Waals surface area contributed by atoms with Gasteiger partial charge in [-0.1, -0.05) is 20.8 Å². The minimum absolute atomic E-state index is 0.0415. The normalized spacial score (nSPS) is 18.7. The van der Waals surface area contributed by atoms with E-state index in [0.29, 0.717) is 38.3 Å². The van der Waals surface area contributed by atoms with Gasteiger partial charge in [0, 0.05) is 24.7 Å². The summed E-state index contributed by atoms with van der Waals surface area (Å²) in [7, 11) is 0. The standard InChI is InChI=1S/C23H37N5O4/c1-14-17-13-26(20(30)27(17)15(2)24-14)16-9-11-25(12-10-16)19(29)18(22(3,4)5)28(21(31)32)23(6,7)8/h16,18H,9-13H2,1-8H3,(H,31,32)/t18-/m0/s1. The van der Waals surface area contributed by atoms with Gasteiger partial charge in [-0.15, -0.1) is 0 Å². The first-order valence-corrected chi connectivity index (χ1v) is 11.3. The molecule has 3 heterocycles. The van der Waals surface area contributed by atoms with E-state index in [1.165, 1.54) is 4.90 Å². The smallest absolute Gasteiger partial charge is 0.408 e. The molecule has 0 bridgehead atoms. The molecule has 9 heteroatoms. The van der Waals surface area contributed by atoms with Crippen LogP contribution in [0.3, 0.4) is 0 Å². The molecular weight excluding hydrogens is 410 g/mol. The van der Waals surface area contributed by atoms with Gasteiger partial charge in [0.2, 0.25) is 5.91 Å². The minimum Gasteiger partial charge on any atom is -0.465 e. The number of piperidine rings is 1. The minimum atomic E-state index is -1.09. The van der Waals surface area contributed by atoms with Gasteiger partial charge in [0.25, 0.3) is 0 Å². The van der Waals surface area contributed by atoms with Crippen molar-refractivity contribution in [2.24, 2.45) is 5.41 Å². The molecular formula is C23H37N5O4. The zero-order valence-electron chi connectivity index (χ0n) is 20.6. The van der Waals surface area contributed by atoms with Crippen molar-refractivity contribution in [2.45, 2.75) is 92.4 Å². The Morgan fingerprint density at radius 3 is 2.09 bits per heavy atom. The number of carbonyl (C=O) groups is 3. The van der Waals surface area contributed by atoms with Gasteiger partial charge in [-0.2, -0.15) is 0 Å².